The summed E-state index contributed by atoms with van der Waals surface area (Å²) in [5.41, 5.74) is 2.38. The summed E-state index contributed by atoms with van der Waals surface area (Å²) in [6, 6.07) is 10.3. The molecule has 8 heteroatoms. The number of likely N-dealkylation sites (tertiary alicyclic amines) is 1. The van der Waals surface area contributed by atoms with Crippen molar-refractivity contribution in [2.75, 3.05) is 13.1 Å². The molecule has 190 valence electrons. The minimum atomic E-state index is -0.719. The summed E-state index contributed by atoms with van der Waals surface area (Å²) in [7, 11) is 0. The van der Waals surface area contributed by atoms with Crippen molar-refractivity contribution >= 4 is 23.5 Å². The minimum Gasteiger partial charge on any atom is -0.357 e. The summed E-state index contributed by atoms with van der Waals surface area (Å²) >= 11 is 0. The Hall–Kier alpha value is -3.42. The second-order valence-corrected chi connectivity index (χ2v) is 10.3. The molecule has 1 aliphatic carbocycles. The number of ketones is 1. The number of nitrogens with zero attached hydrogens (tertiary/aromatic N) is 1. The Morgan fingerprint density at radius 2 is 1.92 bits per heavy atom. The Bertz CT molecular complexity index is 1140. The van der Waals surface area contributed by atoms with Gasteiger partial charge in [-0.1, -0.05) is 43.7 Å². The molecular formula is C28H34N4O4. The number of carbonyl (C=O) groups is 4. The third-order valence-electron chi connectivity index (χ3n) is 8.18. The molecule has 1 aromatic heterocycles. The first-order valence-electron chi connectivity index (χ1n) is 13.1. The highest BCUT2D eigenvalue weighted by Crippen LogP contribution is 2.43. The van der Waals surface area contributed by atoms with Gasteiger partial charge < -0.3 is 20.5 Å². The molecule has 1 saturated carbocycles. The quantitative estimate of drug-likeness (QED) is 0.528. The minimum absolute atomic E-state index is 0.0624. The third-order valence-corrected chi connectivity index (χ3v) is 8.18. The number of benzene rings is 1. The smallest absolute Gasteiger partial charge is 0.270 e. The van der Waals surface area contributed by atoms with E-state index in [1.807, 2.05) is 42.6 Å². The molecule has 3 N–H and O–H groups in total. The van der Waals surface area contributed by atoms with Gasteiger partial charge in [-0.05, 0) is 54.7 Å². The van der Waals surface area contributed by atoms with Gasteiger partial charge in [0.25, 0.3) is 5.91 Å². The van der Waals surface area contributed by atoms with E-state index in [1.54, 1.807) is 11.8 Å². The molecule has 0 spiro atoms. The van der Waals surface area contributed by atoms with Crippen LogP contribution in [-0.2, 0) is 14.4 Å². The number of H-pyrrole nitrogens is 1. The van der Waals surface area contributed by atoms with Crippen molar-refractivity contribution in [1.82, 2.24) is 20.5 Å². The number of rotatable bonds is 8. The van der Waals surface area contributed by atoms with Crippen LogP contribution in [0, 0.1) is 17.8 Å². The molecule has 0 bridgehead atoms. The highest BCUT2D eigenvalue weighted by molar-refractivity contribution is 5.99. The molecule has 3 aliphatic rings. The number of carbonyl (C=O) groups excluding carboxylic acids is 4. The summed E-state index contributed by atoms with van der Waals surface area (Å²) in [4.78, 5) is 57.0. The number of hydrogen-bond donors (Lipinski definition) is 3. The van der Waals surface area contributed by atoms with Gasteiger partial charge in [0.15, 0.2) is 5.78 Å². The van der Waals surface area contributed by atoms with Crippen LogP contribution in [0.15, 0.2) is 42.6 Å². The molecule has 1 aromatic carbocycles. The lowest BCUT2D eigenvalue weighted by Crippen LogP contribution is -2.53. The van der Waals surface area contributed by atoms with Gasteiger partial charge in [0.05, 0.1) is 6.04 Å². The fraction of sp³-hybridized carbons (Fsp3) is 0.500. The Morgan fingerprint density at radius 3 is 2.64 bits per heavy atom. The normalized spacial score (nSPS) is 25.9. The zero-order valence-electron chi connectivity index (χ0n) is 20.7. The molecule has 2 saturated heterocycles. The predicted molar refractivity (Wildman–Crippen MR) is 135 cm³/mol. The maximum absolute atomic E-state index is 13.7. The molecule has 5 atom stereocenters. The molecule has 3 amide bonds. The van der Waals surface area contributed by atoms with E-state index in [9.17, 15) is 19.2 Å². The fourth-order valence-electron chi connectivity index (χ4n) is 6.25. The van der Waals surface area contributed by atoms with Crippen molar-refractivity contribution in [1.29, 1.82) is 0 Å². The predicted octanol–water partition coefficient (Wildman–Crippen LogP) is 2.91. The van der Waals surface area contributed by atoms with E-state index in [0.717, 1.165) is 30.4 Å². The lowest BCUT2D eigenvalue weighted by molar-refractivity contribution is -0.132. The average molecular weight is 491 g/mol. The van der Waals surface area contributed by atoms with Gasteiger partial charge in [-0.3, -0.25) is 19.2 Å². The van der Waals surface area contributed by atoms with E-state index >= 15 is 0 Å². The van der Waals surface area contributed by atoms with E-state index in [1.165, 1.54) is 0 Å². The van der Waals surface area contributed by atoms with E-state index < -0.39 is 12.1 Å². The molecule has 2 aliphatic heterocycles. The largest absolute Gasteiger partial charge is 0.357 e. The van der Waals surface area contributed by atoms with Crippen molar-refractivity contribution < 1.29 is 19.2 Å². The number of fused-ring (bicyclic) bond motifs is 1. The molecule has 5 unspecified atom stereocenters. The molecular weight excluding hydrogens is 456 g/mol. The Labute approximate surface area is 211 Å². The first kappa shape index (κ1) is 24.3. The topological polar surface area (TPSA) is 111 Å². The van der Waals surface area contributed by atoms with E-state index in [2.05, 4.69) is 15.6 Å². The molecule has 8 nitrogen and oxygen atoms in total. The Morgan fingerprint density at radius 1 is 1.11 bits per heavy atom. The van der Waals surface area contributed by atoms with Crippen LogP contribution < -0.4 is 10.6 Å². The van der Waals surface area contributed by atoms with Crippen molar-refractivity contribution in [3.8, 4) is 11.1 Å². The number of aromatic amines is 1. The second kappa shape index (κ2) is 10.3. The van der Waals surface area contributed by atoms with Gasteiger partial charge in [0.1, 0.15) is 11.7 Å². The van der Waals surface area contributed by atoms with Crippen molar-refractivity contribution in [3.05, 3.63) is 48.3 Å². The lowest BCUT2D eigenvalue weighted by atomic mass is 9.91. The highest BCUT2D eigenvalue weighted by Gasteiger charge is 2.50. The van der Waals surface area contributed by atoms with Crippen LogP contribution in [0.4, 0.5) is 0 Å². The summed E-state index contributed by atoms with van der Waals surface area (Å²) in [5, 5.41) is 5.77. The first-order chi connectivity index (χ1) is 17.5. The van der Waals surface area contributed by atoms with Crippen LogP contribution in [-0.4, -0.2) is 58.6 Å². The summed E-state index contributed by atoms with van der Waals surface area (Å²) < 4.78 is 0. The summed E-state index contributed by atoms with van der Waals surface area (Å²) in [5.74, 6) is -0.523. The number of nitrogens with one attached hydrogen (secondary N) is 3. The van der Waals surface area contributed by atoms with Gasteiger partial charge in [0, 0.05) is 31.6 Å². The number of amides is 3. The third kappa shape index (κ3) is 4.68. The molecule has 2 aromatic rings. The Balaban J connectivity index is 1.35. The van der Waals surface area contributed by atoms with Crippen LogP contribution in [0.25, 0.3) is 11.1 Å². The van der Waals surface area contributed by atoms with Crippen LogP contribution in [0.3, 0.4) is 0 Å². The Kier molecular flexibility index (Phi) is 6.94. The van der Waals surface area contributed by atoms with Crippen molar-refractivity contribution in [3.63, 3.8) is 0 Å². The number of aromatic nitrogens is 1. The van der Waals surface area contributed by atoms with Crippen LogP contribution in [0.5, 0.6) is 0 Å². The molecule has 3 fully saturated rings. The number of Topliss-reactive ketones (excluding diaryl/α,β-unsaturated/α-hetero) is 1. The lowest BCUT2D eigenvalue weighted by Gasteiger charge is -2.29. The van der Waals surface area contributed by atoms with E-state index in [0.29, 0.717) is 31.6 Å². The molecule has 5 rings (SSSR count). The molecule has 0 radical (unpaired) electrons. The van der Waals surface area contributed by atoms with Crippen LogP contribution in [0.2, 0.25) is 0 Å². The van der Waals surface area contributed by atoms with Crippen molar-refractivity contribution in [2.45, 2.75) is 57.5 Å². The summed E-state index contributed by atoms with van der Waals surface area (Å²) in [6.45, 7) is 2.91. The van der Waals surface area contributed by atoms with Gasteiger partial charge in [-0.25, -0.2) is 0 Å². The molecule has 3 heterocycles. The SMILES string of the molecule is CCC(=O)C(CC1CCNC1=O)NC(=O)C1C2CCCC2CN1C(=O)c1cc(-c2ccccc2)c[nH]1. The summed E-state index contributed by atoms with van der Waals surface area (Å²) in [6.07, 6.45) is 6.00. The standard InChI is InChI=1S/C28H34N4O4/c1-2-24(33)22(13-18-11-12-29-26(18)34)31-27(35)25-21-10-6-9-19(21)16-32(25)28(36)23-14-20(15-30-23)17-7-4-3-5-8-17/h3-5,7-8,14-15,18-19,21-22,25,30H,2,6,9-13,16H2,1H3,(H,29,34)(H,31,35). The van der Waals surface area contributed by atoms with E-state index in [-0.39, 0.29) is 47.7 Å². The van der Waals surface area contributed by atoms with E-state index in [4.69, 9.17) is 0 Å². The maximum atomic E-state index is 13.7. The van der Waals surface area contributed by atoms with Crippen LogP contribution in [0.1, 0.15) is 55.9 Å². The van der Waals surface area contributed by atoms with Gasteiger partial charge in [0.2, 0.25) is 11.8 Å². The average Bonchev–Trinajstić information content (AvgIpc) is 3.68. The van der Waals surface area contributed by atoms with Gasteiger partial charge in [-0.15, -0.1) is 0 Å². The monoisotopic (exact) mass is 490 g/mol. The zero-order chi connectivity index (χ0) is 25.2. The highest BCUT2D eigenvalue weighted by atomic mass is 16.2. The number of hydrogen-bond acceptors (Lipinski definition) is 4. The van der Waals surface area contributed by atoms with Crippen molar-refractivity contribution in [2.24, 2.45) is 17.8 Å². The van der Waals surface area contributed by atoms with Gasteiger partial charge in [-0.2, -0.15) is 0 Å². The first-order valence-corrected chi connectivity index (χ1v) is 13.1. The van der Waals surface area contributed by atoms with Crippen LogP contribution >= 0.6 is 0 Å². The molecule has 36 heavy (non-hydrogen) atoms. The van der Waals surface area contributed by atoms with Gasteiger partial charge >= 0.3 is 0 Å². The maximum Gasteiger partial charge on any atom is 0.270 e. The fourth-order valence-corrected chi connectivity index (χ4v) is 6.25. The zero-order valence-corrected chi connectivity index (χ0v) is 20.7. The second-order valence-electron chi connectivity index (χ2n) is 10.3.